The van der Waals surface area contributed by atoms with Crippen LogP contribution >= 0.6 is 59.1 Å². The summed E-state index contributed by atoms with van der Waals surface area (Å²) in [6.45, 7) is 3.18. The summed E-state index contributed by atoms with van der Waals surface area (Å²) in [5, 5.41) is 5.68. The molecular weight excluding hydrogens is 385 g/mol. The fourth-order valence-corrected chi connectivity index (χ4v) is 3.46. The predicted molar refractivity (Wildman–Crippen MR) is 99.9 cm³/mol. The van der Waals surface area contributed by atoms with E-state index in [-0.39, 0.29) is 30.7 Å². The quantitative estimate of drug-likeness (QED) is 0.775. The second-order valence-corrected chi connectivity index (χ2v) is 7.14. The first kappa shape index (κ1) is 21.6. The first-order valence-electron chi connectivity index (χ1n) is 6.25. The normalized spacial score (nSPS) is 11.2. The van der Waals surface area contributed by atoms with Crippen molar-refractivity contribution in [3.8, 4) is 9.88 Å². The molecule has 2 rings (SSSR count). The van der Waals surface area contributed by atoms with Gasteiger partial charge in [-0.1, -0.05) is 18.5 Å². The van der Waals surface area contributed by atoms with Crippen molar-refractivity contribution in [2.24, 2.45) is 11.7 Å². The molecule has 124 valence electrons. The summed E-state index contributed by atoms with van der Waals surface area (Å²) in [4.78, 5) is 17.3. The van der Waals surface area contributed by atoms with Gasteiger partial charge in [0.15, 0.2) is 0 Å². The third-order valence-electron chi connectivity index (χ3n) is 2.73. The van der Waals surface area contributed by atoms with E-state index in [2.05, 4.69) is 10.3 Å². The number of nitrogens with one attached hydrogen (secondary N) is 1. The third-order valence-corrected chi connectivity index (χ3v) is 5.02. The lowest BCUT2D eigenvalue weighted by Gasteiger charge is -2.09. The zero-order valence-electron chi connectivity index (χ0n) is 11.9. The van der Waals surface area contributed by atoms with Crippen LogP contribution in [-0.4, -0.2) is 24.0 Å². The highest BCUT2D eigenvalue weighted by Gasteiger charge is 2.11. The zero-order valence-corrected chi connectivity index (χ0v) is 15.9. The van der Waals surface area contributed by atoms with Crippen LogP contribution in [0.5, 0.6) is 0 Å². The van der Waals surface area contributed by atoms with Crippen LogP contribution < -0.4 is 11.1 Å². The molecule has 0 bridgehead atoms. The molecule has 0 spiro atoms. The van der Waals surface area contributed by atoms with Crippen molar-refractivity contribution in [2.45, 2.75) is 13.3 Å². The van der Waals surface area contributed by atoms with Gasteiger partial charge in [-0.15, -0.1) is 47.5 Å². The molecule has 2 aromatic heterocycles. The second kappa shape index (κ2) is 10.4. The maximum Gasteiger partial charge on any atom is 0.226 e. The van der Waals surface area contributed by atoms with Crippen molar-refractivity contribution in [2.75, 3.05) is 13.1 Å². The molecule has 2 aromatic rings. The highest BCUT2D eigenvalue weighted by Crippen LogP contribution is 2.32. The topological polar surface area (TPSA) is 68.0 Å². The Morgan fingerprint density at radius 1 is 1.45 bits per heavy atom. The summed E-state index contributed by atoms with van der Waals surface area (Å²) in [5.41, 5.74) is 6.29. The van der Waals surface area contributed by atoms with Crippen LogP contribution in [0.4, 0.5) is 0 Å². The van der Waals surface area contributed by atoms with Gasteiger partial charge in [-0.2, -0.15) is 0 Å². The number of carbonyl (C=O) groups is 1. The first-order valence-corrected chi connectivity index (χ1v) is 8.32. The lowest BCUT2D eigenvalue weighted by Crippen LogP contribution is -2.32. The minimum atomic E-state index is -0.0219. The molecule has 0 radical (unpaired) electrons. The van der Waals surface area contributed by atoms with E-state index in [1.807, 2.05) is 24.4 Å². The summed E-state index contributed by atoms with van der Waals surface area (Å²) in [7, 11) is 0. The van der Waals surface area contributed by atoms with Crippen LogP contribution in [0.15, 0.2) is 17.5 Å². The monoisotopic (exact) mass is 401 g/mol. The Balaban J connectivity index is 0.00000220. The van der Waals surface area contributed by atoms with Gasteiger partial charge in [-0.05, 0) is 24.6 Å². The Labute approximate surface area is 155 Å². The lowest BCUT2D eigenvalue weighted by atomic mass is 10.2. The standard InChI is InChI=1S/C13H16ClN3OS2.2ClH/c1-8(5-15)6-16-12(18)4-9-7-19-13(17-9)10-2-3-11(14)20-10;;/h2-3,7-8H,4-6,15H2,1H3,(H,16,18);2*1H. The number of hydrogen-bond acceptors (Lipinski definition) is 5. The molecule has 0 fully saturated rings. The van der Waals surface area contributed by atoms with E-state index < -0.39 is 0 Å². The van der Waals surface area contributed by atoms with Crippen LogP contribution in [0.25, 0.3) is 9.88 Å². The third kappa shape index (κ3) is 6.40. The molecule has 0 aliphatic rings. The molecule has 0 aliphatic carbocycles. The average molecular weight is 403 g/mol. The molecule has 0 aliphatic heterocycles. The number of rotatable bonds is 6. The van der Waals surface area contributed by atoms with Gasteiger partial charge in [0.05, 0.1) is 21.3 Å². The van der Waals surface area contributed by atoms with E-state index in [0.717, 1.165) is 19.9 Å². The number of thiophene rings is 1. The first-order chi connectivity index (χ1) is 9.58. The molecule has 0 saturated carbocycles. The van der Waals surface area contributed by atoms with E-state index in [9.17, 15) is 4.79 Å². The van der Waals surface area contributed by atoms with Crippen molar-refractivity contribution >= 4 is 65.0 Å². The van der Waals surface area contributed by atoms with Crippen molar-refractivity contribution < 1.29 is 4.79 Å². The van der Waals surface area contributed by atoms with Gasteiger partial charge in [0.25, 0.3) is 0 Å². The van der Waals surface area contributed by atoms with Gasteiger partial charge in [-0.3, -0.25) is 4.79 Å². The molecule has 4 nitrogen and oxygen atoms in total. The maximum absolute atomic E-state index is 11.8. The average Bonchev–Trinajstić information content (AvgIpc) is 3.05. The van der Waals surface area contributed by atoms with Gasteiger partial charge in [0.1, 0.15) is 5.01 Å². The van der Waals surface area contributed by atoms with Crippen LogP contribution in [-0.2, 0) is 11.2 Å². The molecule has 0 saturated heterocycles. The molecule has 1 amide bonds. The van der Waals surface area contributed by atoms with E-state index in [1.165, 1.54) is 22.7 Å². The lowest BCUT2D eigenvalue weighted by molar-refractivity contribution is -0.120. The number of amides is 1. The smallest absolute Gasteiger partial charge is 0.226 e. The number of thiazole rings is 1. The number of aromatic nitrogens is 1. The Morgan fingerprint density at radius 3 is 2.77 bits per heavy atom. The van der Waals surface area contributed by atoms with Crippen LogP contribution in [0.3, 0.4) is 0 Å². The molecule has 22 heavy (non-hydrogen) atoms. The summed E-state index contributed by atoms with van der Waals surface area (Å²) in [6, 6.07) is 3.79. The number of carbonyl (C=O) groups excluding carboxylic acids is 1. The fourth-order valence-electron chi connectivity index (χ4n) is 1.53. The highest BCUT2D eigenvalue weighted by atomic mass is 35.5. The van der Waals surface area contributed by atoms with Crippen molar-refractivity contribution in [3.05, 3.63) is 27.5 Å². The molecular formula is C13H18Cl3N3OS2. The fraction of sp³-hybridized carbons (Fsp3) is 0.385. The van der Waals surface area contributed by atoms with Crippen LogP contribution in [0, 0.1) is 5.92 Å². The SMILES string of the molecule is CC(CN)CNC(=O)Cc1csc(-c2ccc(Cl)s2)n1.Cl.Cl. The van der Waals surface area contributed by atoms with E-state index in [4.69, 9.17) is 17.3 Å². The van der Waals surface area contributed by atoms with E-state index in [1.54, 1.807) is 0 Å². The van der Waals surface area contributed by atoms with Crippen LogP contribution in [0.2, 0.25) is 4.34 Å². The Hall–Kier alpha value is -0.370. The van der Waals surface area contributed by atoms with Gasteiger partial charge in [-0.25, -0.2) is 4.98 Å². The number of nitrogens with two attached hydrogens (primary N) is 1. The molecule has 2 heterocycles. The van der Waals surface area contributed by atoms with Gasteiger partial charge >= 0.3 is 0 Å². The van der Waals surface area contributed by atoms with Crippen molar-refractivity contribution in [1.82, 2.24) is 10.3 Å². The van der Waals surface area contributed by atoms with Crippen molar-refractivity contribution in [3.63, 3.8) is 0 Å². The number of hydrogen-bond donors (Lipinski definition) is 2. The minimum absolute atomic E-state index is 0. The number of nitrogens with zero attached hydrogens (tertiary/aromatic N) is 1. The van der Waals surface area contributed by atoms with Gasteiger partial charge in [0.2, 0.25) is 5.91 Å². The minimum Gasteiger partial charge on any atom is -0.355 e. The van der Waals surface area contributed by atoms with Crippen LogP contribution in [0.1, 0.15) is 12.6 Å². The number of halogens is 3. The molecule has 1 unspecified atom stereocenters. The predicted octanol–water partition coefficient (Wildman–Crippen LogP) is 3.62. The maximum atomic E-state index is 11.8. The Morgan fingerprint density at radius 2 is 2.18 bits per heavy atom. The molecule has 3 N–H and O–H groups in total. The van der Waals surface area contributed by atoms with Gasteiger partial charge in [0, 0.05) is 11.9 Å². The Bertz CT molecular complexity index is 589. The Kier molecular flexibility index (Phi) is 10.2. The molecule has 0 aromatic carbocycles. The van der Waals surface area contributed by atoms with Crippen molar-refractivity contribution in [1.29, 1.82) is 0 Å². The second-order valence-electron chi connectivity index (χ2n) is 4.57. The summed E-state index contributed by atoms with van der Waals surface area (Å²) in [6.07, 6.45) is 0.299. The molecule has 1 atom stereocenters. The highest BCUT2D eigenvalue weighted by molar-refractivity contribution is 7.23. The summed E-state index contributed by atoms with van der Waals surface area (Å²) < 4.78 is 0.741. The van der Waals surface area contributed by atoms with Gasteiger partial charge < -0.3 is 11.1 Å². The van der Waals surface area contributed by atoms with E-state index >= 15 is 0 Å². The summed E-state index contributed by atoms with van der Waals surface area (Å²) >= 11 is 8.92. The largest absolute Gasteiger partial charge is 0.355 e. The summed E-state index contributed by atoms with van der Waals surface area (Å²) in [5.74, 6) is 0.268. The zero-order chi connectivity index (χ0) is 14.5. The molecule has 9 heteroatoms. The van der Waals surface area contributed by atoms with E-state index in [0.29, 0.717) is 25.4 Å².